The molecule has 1 atom stereocenters. The van der Waals surface area contributed by atoms with Crippen molar-refractivity contribution in [3.05, 3.63) is 47.5 Å². The summed E-state index contributed by atoms with van der Waals surface area (Å²) in [6.45, 7) is 1.84. The number of ether oxygens (including phenoxy) is 1. The van der Waals surface area contributed by atoms with Gasteiger partial charge in [0.2, 0.25) is 5.60 Å². The SMILES string of the molecule is CN1CCC(OC(=O)C(O)(C2=CCCC2)c2ccccc2)CC1. The summed E-state index contributed by atoms with van der Waals surface area (Å²) in [6.07, 6.45) is 6.17. The van der Waals surface area contributed by atoms with Gasteiger partial charge in [-0.25, -0.2) is 4.79 Å². The van der Waals surface area contributed by atoms with Crippen LogP contribution in [0.3, 0.4) is 0 Å². The van der Waals surface area contributed by atoms with Gasteiger partial charge in [0.15, 0.2) is 0 Å². The highest BCUT2D eigenvalue weighted by Crippen LogP contribution is 2.38. The number of esters is 1. The minimum absolute atomic E-state index is 0.101. The number of hydrogen-bond acceptors (Lipinski definition) is 4. The Bertz CT molecular complexity index is 576. The number of likely N-dealkylation sites (tertiary alicyclic amines) is 1. The van der Waals surface area contributed by atoms with E-state index in [2.05, 4.69) is 11.9 Å². The van der Waals surface area contributed by atoms with Crippen molar-refractivity contribution in [2.24, 2.45) is 0 Å². The van der Waals surface area contributed by atoms with Crippen LogP contribution in [0, 0.1) is 0 Å². The average Bonchev–Trinajstić information content (AvgIpc) is 3.12. The van der Waals surface area contributed by atoms with Gasteiger partial charge in [-0.1, -0.05) is 36.4 Å². The largest absolute Gasteiger partial charge is 0.460 e. The number of carbonyl (C=O) groups excluding carboxylic acids is 1. The highest BCUT2D eigenvalue weighted by molar-refractivity contribution is 5.85. The molecule has 1 fully saturated rings. The van der Waals surface area contributed by atoms with Crippen LogP contribution in [0.5, 0.6) is 0 Å². The standard InChI is InChI=1S/C19H25NO3/c1-20-13-11-17(12-14-20)23-18(21)19(22,16-9-5-6-10-16)15-7-3-2-4-8-15/h2-4,7-9,17,22H,5-6,10-14H2,1H3. The number of aliphatic hydroxyl groups is 1. The van der Waals surface area contributed by atoms with Crippen molar-refractivity contribution in [1.82, 2.24) is 4.90 Å². The van der Waals surface area contributed by atoms with Crippen molar-refractivity contribution in [3.63, 3.8) is 0 Å². The number of hydrogen-bond donors (Lipinski definition) is 1. The Morgan fingerprint density at radius 3 is 2.57 bits per heavy atom. The van der Waals surface area contributed by atoms with Crippen LogP contribution < -0.4 is 0 Å². The maximum atomic E-state index is 12.9. The molecule has 4 heteroatoms. The lowest BCUT2D eigenvalue weighted by Crippen LogP contribution is -2.43. The number of allylic oxidation sites excluding steroid dienone is 1. The molecule has 1 N–H and O–H groups in total. The predicted octanol–water partition coefficient (Wildman–Crippen LogP) is 2.62. The molecular formula is C19H25NO3. The van der Waals surface area contributed by atoms with E-state index in [9.17, 15) is 9.90 Å². The van der Waals surface area contributed by atoms with Crippen LogP contribution in [0.25, 0.3) is 0 Å². The van der Waals surface area contributed by atoms with Gasteiger partial charge in [-0.05, 0) is 50.3 Å². The Labute approximate surface area is 137 Å². The molecule has 0 amide bonds. The molecule has 1 saturated heterocycles. The fourth-order valence-electron chi connectivity index (χ4n) is 3.45. The van der Waals surface area contributed by atoms with E-state index < -0.39 is 11.6 Å². The Morgan fingerprint density at radius 2 is 1.96 bits per heavy atom. The van der Waals surface area contributed by atoms with Gasteiger partial charge in [0.05, 0.1) is 0 Å². The van der Waals surface area contributed by atoms with Gasteiger partial charge in [0.1, 0.15) is 6.10 Å². The summed E-state index contributed by atoms with van der Waals surface area (Å²) in [5, 5.41) is 11.3. The molecule has 1 heterocycles. The second-order valence-corrected chi connectivity index (χ2v) is 6.61. The zero-order valence-corrected chi connectivity index (χ0v) is 13.7. The quantitative estimate of drug-likeness (QED) is 0.685. The van der Waals surface area contributed by atoms with Gasteiger partial charge < -0.3 is 14.7 Å². The van der Waals surface area contributed by atoms with Crippen molar-refractivity contribution >= 4 is 5.97 Å². The van der Waals surface area contributed by atoms with E-state index in [4.69, 9.17) is 4.74 Å². The predicted molar refractivity (Wildman–Crippen MR) is 88.9 cm³/mol. The molecule has 3 rings (SSSR count). The third-order valence-corrected chi connectivity index (χ3v) is 4.93. The minimum Gasteiger partial charge on any atom is -0.460 e. The first-order valence-electron chi connectivity index (χ1n) is 8.47. The van der Waals surface area contributed by atoms with Gasteiger partial charge in [0, 0.05) is 13.1 Å². The number of carbonyl (C=O) groups is 1. The van der Waals surface area contributed by atoms with Gasteiger partial charge in [-0.2, -0.15) is 0 Å². The molecule has 0 spiro atoms. The zero-order valence-electron chi connectivity index (χ0n) is 13.7. The molecule has 2 aliphatic rings. The molecule has 0 radical (unpaired) electrons. The van der Waals surface area contributed by atoms with E-state index in [1.54, 1.807) is 12.1 Å². The maximum absolute atomic E-state index is 12.9. The monoisotopic (exact) mass is 315 g/mol. The molecular weight excluding hydrogens is 290 g/mol. The van der Waals surface area contributed by atoms with Crippen LogP contribution in [-0.4, -0.2) is 42.2 Å². The lowest BCUT2D eigenvalue weighted by atomic mass is 9.85. The van der Waals surface area contributed by atoms with Crippen molar-refractivity contribution in [3.8, 4) is 0 Å². The summed E-state index contributed by atoms with van der Waals surface area (Å²) < 4.78 is 5.72. The molecule has 1 aliphatic heterocycles. The van der Waals surface area contributed by atoms with Gasteiger partial charge in [0.25, 0.3) is 0 Å². The maximum Gasteiger partial charge on any atom is 0.347 e. The topological polar surface area (TPSA) is 49.8 Å². The fraction of sp³-hybridized carbons (Fsp3) is 0.526. The average molecular weight is 315 g/mol. The minimum atomic E-state index is -1.64. The van der Waals surface area contributed by atoms with Gasteiger partial charge >= 0.3 is 5.97 Å². The molecule has 1 aromatic carbocycles. The highest BCUT2D eigenvalue weighted by Gasteiger charge is 2.44. The number of rotatable bonds is 4. The number of piperidine rings is 1. The zero-order chi connectivity index (χ0) is 16.3. The van der Waals surface area contributed by atoms with E-state index in [0.717, 1.165) is 50.8 Å². The normalized spacial score (nSPS) is 22.4. The summed E-state index contributed by atoms with van der Waals surface area (Å²) in [5.74, 6) is -0.522. The Kier molecular flexibility index (Phi) is 4.83. The smallest absolute Gasteiger partial charge is 0.347 e. The summed E-state index contributed by atoms with van der Waals surface area (Å²) in [6, 6.07) is 9.18. The molecule has 1 aromatic rings. The molecule has 0 aromatic heterocycles. The highest BCUT2D eigenvalue weighted by atomic mass is 16.6. The number of benzene rings is 1. The van der Waals surface area contributed by atoms with E-state index in [1.165, 1.54) is 0 Å². The number of nitrogens with zero attached hydrogens (tertiary/aromatic N) is 1. The van der Waals surface area contributed by atoms with Gasteiger partial charge in [-0.15, -0.1) is 0 Å². The molecule has 4 nitrogen and oxygen atoms in total. The lowest BCUT2D eigenvalue weighted by Gasteiger charge is -2.33. The third-order valence-electron chi connectivity index (χ3n) is 4.93. The van der Waals surface area contributed by atoms with Crippen LogP contribution >= 0.6 is 0 Å². The molecule has 1 unspecified atom stereocenters. The molecule has 1 aliphatic carbocycles. The van der Waals surface area contributed by atoms with Crippen molar-refractivity contribution in [1.29, 1.82) is 0 Å². The fourth-order valence-corrected chi connectivity index (χ4v) is 3.45. The van der Waals surface area contributed by atoms with Crippen LogP contribution in [-0.2, 0) is 15.1 Å². The first-order valence-corrected chi connectivity index (χ1v) is 8.47. The second-order valence-electron chi connectivity index (χ2n) is 6.61. The first kappa shape index (κ1) is 16.2. The van der Waals surface area contributed by atoms with Crippen molar-refractivity contribution in [2.75, 3.05) is 20.1 Å². The van der Waals surface area contributed by atoms with Crippen molar-refractivity contribution < 1.29 is 14.6 Å². The van der Waals surface area contributed by atoms with E-state index in [0.29, 0.717) is 5.56 Å². The third kappa shape index (κ3) is 3.33. The summed E-state index contributed by atoms with van der Waals surface area (Å²) >= 11 is 0. The Morgan fingerprint density at radius 1 is 1.26 bits per heavy atom. The van der Waals surface area contributed by atoms with Crippen molar-refractivity contribution in [2.45, 2.75) is 43.8 Å². The van der Waals surface area contributed by atoms with Gasteiger partial charge in [-0.3, -0.25) is 0 Å². The lowest BCUT2D eigenvalue weighted by molar-refractivity contribution is -0.170. The van der Waals surface area contributed by atoms with Crippen LogP contribution in [0.2, 0.25) is 0 Å². The molecule has 124 valence electrons. The molecule has 0 bridgehead atoms. The first-order chi connectivity index (χ1) is 11.1. The summed E-state index contributed by atoms with van der Waals surface area (Å²) in [4.78, 5) is 15.1. The molecule has 23 heavy (non-hydrogen) atoms. The van der Waals surface area contributed by atoms with E-state index in [-0.39, 0.29) is 6.10 Å². The summed E-state index contributed by atoms with van der Waals surface area (Å²) in [7, 11) is 2.07. The van der Waals surface area contributed by atoms with E-state index in [1.807, 2.05) is 24.3 Å². The van der Waals surface area contributed by atoms with Crippen LogP contribution in [0.4, 0.5) is 0 Å². The second kappa shape index (κ2) is 6.85. The Hall–Kier alpha value is -1.65. The molecule has 0 saturated carbocycles. The van der Waals surface area contributed by atoms with E-state index >= 15 is 0 Å². The Balaban J connectivity index is 1.82. The summed E-state index contributed by atoms with van der Waals surface area (Å²) in [5.41, 5.74) is -0.256. The van der Waals surface area contributed by atoms with Crippen LogP contribution in [0.15, 0.2) is 42.0 Å². The van der Waals surface area contributed by atoms with Crippen LogP contribution in [0.1, 0.15) is 37.7 Å².